The second kappa shape index (κ2) is 6.66. The molecule has 0 fully saturated rings. The molecule has 0 saturated heterocycles. The van der Waals surface area contributed by atoms with Crippen molar-refractivity contribution in [3.8, 4) is 0 Å². The highest BCUT2D eigenvalue weighted by molar-refractivity contribution is 5.42. The van der Waals surface area contributed by atoms with Gasteiger partial charge in [-0.25, -0.2) is 9.97 Å². The first-order chi connectivity index (χ1) is 10.4. The normalized spacial score (nSPS) is 11.8. The molecule has 104 valence electrons. The third-order valence-corrected chi connectivity index (χ3v) is 3.39. The fraction of sp³-hybridized carbons (Fsp3) is 0.111. The van der Waals surface area contributed by atoms with Gasteiger partial charge >= 0.3 is 0 Å². The molecule has 1 N–H and O–H groups in total. The Morgan fingerprint density at radius 1 is 0.810 bits per heavy atom. The lowest BCUT2D eigenvalue weighted by Gasteiger charge is -2.20. The first-order valence-corrected chi connectivity index (χ1v) is 7.02. The van der Waals surface area contributed by atoms with Gasteiger partial charge in [-0.1, -0.05) is 60.7 Å². The van der Waals surface area contributed by atoms with Gasteiger partial charge in [0.25, 0.3) is 0 Å². The maximum atomic E-state index is 4.06. The molecule has 0 radical (unpaired) electrons. The molecule has 3 heteroatoms. The number of nitrogens with zero attached hydrogens (tertiary/aromatic N) is 2. The average molecular weight is 275 g/mol. The van der Waals surface area contributed by atoms with Crippen molar-refractivity contribution in [1.82, 2.24) is 9.97 Å². The summed E-state index contributed by atoms with van der Waals surface area (Å²) >= 11 is 0. The summed E-state index contributed by atoms with van der Waals surface area (Å²) in [5.41, 5.74) is 3.49. The Morgan fingerprint density at radius 2 is 1.43 bits per heavy atom. The lowest BCUT2D eigenvalue weighted by atomic mass is 9.99. The summed E-state index contributed by atoms with van der Waals surface area (Å²) in [6.07, 6.45) is 6.06. The highest BCUT2D eigenvalue weighted by Gasteiger charge is 2.12. The minimum Gasteiger partial charge on any atom is -0.375 e. The van der Waals surface area contributed by atoms with Gasteiger partial charge in [-0.15, -0.1) is 0 Å². The number of nitrogens with one attached hydrogen (secondary N) is 1. The van der Waals surface area contributed by atoms with Gasteiger partial charge in [-0.05, 0) is 17.5 Å². The van der Waals surface area contributed by atoms with Crippen LogP contribution in [0.2, 0.25) is 0 Å². The van der Waals surface area contributed by atoms with E-state index in [1.54, 1.807) is 18.7 Å². The summed E-state index contributed by atoms with van der Waals surface area (Å²) in [5.74, 6) is 0. The summed E-state index contributed by atoms with van der Waals surface area (Å²) in [4.78, 5) is 8.13. The maximum absolute atomic E-state index is 4.06. The van der Waals surface area contributed by atoms with E-state index in [-0.39, 0.29) is 6.04 Å². The smallest absolute Gasteiger partial charge is 0.115 e. The zero-order valence-corrected chi connectivity index (χ0v) is 11.7. The zero-order valence-electron chi connectivity index (χ0n) is 11.7. The molecule has 0 aliphatic rings. The van der Waals surface area contributed by atoms with Gasteiger partial charge in [0.1, 0.15) is 6.33 Å². The first kappa shape index (κ1) is 13.3. The molecule has 0 amide bonds. The molecule has 1 heterocycles. The van der Waals surface area contributed by atoms with E-state index in [1.165, 1.54) is 11.1 Å². The van der Waals surface area contributed by atoms with E-state index in [9.17, 15) is 0 Å². The van der Waals surface area contributed by atoms with Crippen LogP contribution in [-0.2, 0) is 6.42 Å². The predicted octanol–water partition coefficient (Wildman–Crippen LogP) is 3.87. The molecular formula is C18H17N3. The molecule has 2 aromatic carbocycles. The monoisotopic (exact) mass is 275 g/mol. The van der Waals surface area contributed by atoms with Crippen LogP contribution in [0.5, 0.6) is 0 Å². The standard InChI is InChI=1S/C18H17N3/c1-3-7-15(8-4-1)11-18(16-9-5-2-6-10-16)21-17-12-19-14-20-13-17/h1-10,12-14,18,21H,11H2. The molecule has 3 rings (SSSR count). The van der Waals surface area contributed by atoms with Gasteiger partial charge in [-0.2, -0.15) is 0 Å². The summed E-state index contributed by atoms with van der Waals surface area (Å²) < 4.78 is 0. The molecule has 0 aliphatic carbocycles. The SMILES string of the molecule is c1ccc(CC(Nc2cncnc2)c2ccccc2)cc1. The van der Waals surface area contributed by atoms with E-state index in [4.69, 9.17) is 0 Å². The number of rotatable bonds is 5. The van der Waals surface area contributed by atoms with Gasteiger partial charge in [-0.3, -0.25) is 0 Å². The lowest BCUT2D eigenvalue weighted by molar-refractivity contribution is 0.773. The number of hydrogen-bond donors (Lipinski definition) is 1. The van der Waals surface area contributed by atoms with Crippen molar-refractivity contribution in [2.45, 2.75) is 12.5 Å². The second-order valence-electron chi connectivity index (χ2n) is 4.92. The number of benzene rings is 2. The third-order valence-electron chi connectivity index (χ3n) is 3.39. The van der Waals surface area contributed by atoms with Crippen molar-refractivity contribution in [2.75, 3.05) is 5.32 Å². The van der Waals surface area contributed by atoms with Crippen molar-refractivity contribution in [3.05, 3.63) is 90.5 Å². The molecule has 1 atom stereocenters. The van der Waals surface area contributed by atoms with Crippen LogP contribution in [0.3, 0.4) is 0 Å². The first-order valence-electron chi connectivity index (χ1n) is 7.02. The van der Waals surface area contributed by atoms with Gasteiger partial charge < -0.3 is 5.32 Å². The van der Waals surface area contributed by atoms with Gasteiger partial charge in [0.15, 0.2) is 0 Å². The Balaban J connectivity index is 1.84. The van der Waals surface area contributed by atoms with Crippen molar-refractivity contribution >= 4 is 5.69 Å². The summed E-state index contributed by atoms with van der Waals surface area (Å²) in [5, 5.41) is 3.52. The van der Waals surface area contributed by atoms with E-state index in [2.05, 4.69) is 63.8 Å². The van der Waals surface area contributed by atoms with Crippen molar-refractivity contribution in [2.24, 2.45) is 0 Å². The average Bonchev–Trinajstić information content (AvgIpc) is 2.57. The van der Waals surface area contributed by atoms with Crippen LogP contribution in [0, 0.1) is 0 Å². The van der Waals surface area contributed by atoms with Gasteiger partial charge in [0, 0.05) is 0 Å². The highest BCUT2D eigenvalue weighted by Crippen LogP contribution is 2.22. The third kappa shape index (κ3) is 3.66. The Morgan fingerprint density at radius 3 is 2.10 bits per heavy atom. The number of hydrogen-bond acceptors (Lipinski definition) is 3. The molecule has 1 aromatic heterocycles. The maximum Gasteiger partial charge on any atom is 0.115 e. The second-order valence-corrected chi connectivity index (χ2v) is 4.92. The van der Waals surface area contributed by atoms with Gasteiger partial charge in [0.2, 0.25) is 0 Å². The Kier molecular flexibility index (Phi) is 4.22. The van der Waals surface area contributed by atoms with Crippen LogP contribution in [0.25, 0.3) is 0 Å². The molecule has 1 unspecified atom stereocenters. The van der Waals surface area contributed by atoms with Crippen LogP contribution in [-0.4, -0.2) is 9.97 Å². The topological polar surface area (TPSA) is 37.8 Å². The molecule has 0 bridgehead atoms. The van der Waals surface area contributed by atoms with Crippen LogP contribution < -0.4 is 5.32 Å². The van der Waals surface area contributed by atoms with Crippen molar-refractivity contribution in [3.63, 3.8) is 0 Å². The quantitative estimate of drug-likeness (QED) is 0.768. The fourth-order valence-electron chi connectivity index (χ4n) is 2.36. The summed E-state index contributed by atoms with van der Waals surface area (Å²) in [6, 6.07) is 21.1. The van der Waals surface area contributed by atoms with E-state index >= 15 is 0 Å². The van der Waals surface area contributed by atoms with Crippen LogP contribution >= 0.6 is 0 Å². The van der Waals surface area contributed by atoms with Crippen LogP contribution in [0.15, 0.2) is 79.4 Å². The Bertz CT molecular complexity index is 612. The lowest BCUT2D eigenvalue weighted by Crippen LogP contribution is -2.14. The molecule has 0 spiro atoms. The number of aromatic nitrogens is 2. The van der Waals surface area contributed by atoms with Crippen molar-refractivity contribution < 1.29 is 0 Å². The van der Waals surface area contributed by atoms with Crippen LogP contribution in [0.1, 0.15) is 17.2 Å². The molecule has 0 aliphatic heterocycles. The summed E-state index contributed by atoms with van der Waals surface area (Å²) in [6.45, 7) is 0. The van der Waals surface area contributed by atoms with E-state index in [0.717, 1.165) is 12.1 Å². The number of anilines is 1. The van der Waals surface area contributed by atoms with Gasteiger partial charge in [0.05, 0.1) is 24.1 Å². The van der Waals surface area contributed by atoms with E-state index in [0.29, 0.717) is 0 Å². The zero-order chi connectivity index (χ0) is 14.3. The molecule has 3 nitrogen and oxygen atoms in total. The van der Waals surface area contributed by atoms with Crippen molar-refractivity contribution in [1.29, 1.82) is 0 Å². The molecule has 21 heavy (non-hydrogen) atoms. The minimum atomic E-state index is 0.194. The van der Waals surface area contributed by atoms with E-state index < -0.39 is 0 Å². The fourth-order valence-corrected chi connectivity index (χ4v) is 2.36. The predicted molar refractivity (Wildman–Crippen MR) is 85.0 cm³/mol. The summed E-state index contributed by atoms with van der Waals surface area (Å²) in [7, 11) is 0. The largest absolute Gasteiger partial charge is 0.375 e. The molecular weight excluding hydrogens is 258 g/mol. The van der Waals surface area contributed by atoms with E-state index in [1.807, 2.05) is 12.1 Å². The minimum absolute atomic E-state index is 0.194. The van der Waals surface area contributed by atoms with Crippen LogP contribution in [0.4, 0.5) is 5.69 Å². The highest BCUT2D eigenvalue weighted by atomic mass is 15.0. The Hall–Kier alpha value is -2.68. The Labute approximate surface area is 124 Å². The molecule has 3 aromatic rings. The molecule has 0 saturated carbocycles.